The van der Waals surface area contributed by atoms with Gasteiger partial charge in [0.1, 0.15) is 5.75 Å². The molecule has 0 radical (unpaired) electrons. The van der Waals surface area contributed by atoms with Crippen LogP contribution in [0.3, 0.4) is 0 Å². The van der Waals surface area contributed by atoms with Crippen molar-refractivity contribution in [2.75, 3.05) is 0 Å². The van der Waals surface area contributed by atoms with Crippen molar-refractivity contribution < 1.29 is 22.7 Å². The number of alkyl halides is 3. The predicted molar refractivity (Wildman–Crippen MR) is 72.5 cm³/mol. The van der Waals surface area contributed by atoms with E-state index >= 15 is 0 Å². The molecule has 0 unspecified atom stereocenters. The minimum absolute atomic E-state index is 0.239. The SMILES string of the molecule is Cc1ccc(C(=O)c2ccc(OC(F)(F)F)cc2)cc1C. The van der Waals surface area contributed by atoms with Gasteiger partial charge in [0.2, 0.25) is 0 Å². The van der Waals surface area contributed by atoms with E-state index in [1.165, 1.54) is 12.1 Å². The molecule has 0 saturated carbocycles. The van der Waals surface area contributed by atoms with E-state index in [1.54, 1.807) is 12.1 Å². The molecule has 0 atom stereocenters. The lowest BCUT2D eigenvalue weighted by Gasteiger charge is -2.09. The zero-order valence-electron chi connectivity index (χ0n) is 11.5. The van der Waals surface area contributed by atoms with Gasteiger partial charge in [0.05, 0.1) is 0 Å². The summed E-state index contributed by atoms with van der Waals surface area (Å²) in [6, 6.07) is 10.2. The minimum atomic E-state index is -4.74. The van der Waals surface area contributed by atoms with Crippen molar-refractivity contribution in [2.24, 2.45) is 0 Å². The Morgan fingerprint density at radius 1 is 0.905 bits per heavy atom. The van der Waals surface area contributed by atoms with Gasteiger partial charge in [-0.1, -0.05) is 12.1 Å². The number of ether oxygens (including phenoxy) is 1. The summed E-state index contributed by atoms with van der Waals surface area (Å²) in [5.74, 6) is -0.587. The molecule has 0 spiro atoms. The smallest absolute Gasteiger partial charge is 0.406 e. The number of carbonyl (C=O) groups excluding carboxylic acids is 1. The van der Waals surface area contributed by atoms with E-state index in [4.69, 9.17) is 0 Å². The van der Waals surface area contributed by atoms with Crippen LogP contribution >= 0.6 is 0 Å². The van der Waals surface area contributed by atoms with E-state index in [9.17, 15) is 18.0 Å². The Morgan fingerprint density at radius 3 is 2.00 bits per heavy atom. The topological polar surface area (TPSA) is 26.3 Å². The van der Waals surface area contributed by atoms with E-state index in [0.29, 0.717) is 11.1 Å². The lowest BCUT2D eigenvalue weighted by atomic mass is 9.99. The van der Waals surface area contributed by atoms with Gasteiger partial charge in [0, 0.05) is 11.1 Å². The van der Waals surface area contributed by atoms with Gasteiger partial charge < -0.3 is 4.74 Å². The molecule has 0 fully saturated rings. The van der Waals surface area contributed by atoms with Crippen molar-refractivity contribution in [3.63, 3.8) is 0 Å². The van der Waals surface area contributed by atoms with Gasteiger partial charge in [-0.15, -0.1) is 13.2 Å². The highest BCUT2D eigenvalue weighted by Gasteiger charge is 2.31. The molecule has 0 aliphatic carbocycles. The maximum atomic E-state index is 12.2. The Balaban J connectivity index is 2.22. The Bertz CT molecular complexity index is 658. The molecule has 0 aliphatic rings. The van der Waals surface area contributed by atoms with Gasteiger partial charge in [0.25, 0.3) is 0 Å². The third kappa shape index (κ3) is 3.84. The Morgan fingerprint density at radius 2 is 1.48 bits per heavy atom. The third-order valence-electron chi connectivity index (χ3n) is 3.12. The summed E-state index contributed by atoms with van der Waals surface area (Å²) >= 11 is 0. The van der Waals surface area contributed by atoms with Crippen LogP contribution in [-0.4, -0.2) is 12.1 Å². The van der Waals surface area contributed by atoms with Gasteiger partial charge in [-0.3, -0.25) is 4.79 Å². The molecule has 21 heavy (non-hydrogen) atoms. The van der Waals surface area contributed by atoms with E-state index in [1.807, 2.05) is 19.9 Å². The van der Waals surface area contributed by atoms with Gasteiger partial charge in [0.15, 0.2) is 5.78 Å². The van der Waals surface area contributed by atoms with Crippen molar-refractivity contribution in [3.8, 4) is 5.75 Å². The third-order valence-corrected chi connectivity index (χ3v) is 3.12. The fourth-order valence-corrected chi connectivity index (χ4v) is 1.86. The molecule has 0 saturated heterocycles. The monoisotopic (exact) mass is 294 g/mol. The lowest BCUT2D eigenvalue weighted by molar-refractivity contribution is -0.274. The molecule has 5 heteroatoms. The number of benzene rings is 2. The van der Waals surface area contributed by atoms with Crippen molar-refractivity contribution >= 4 is 5.78 Å². The maximum absolute atomic E-state index is 12.2. The molecule has 0 amide bonds. The van der Waals surface area contributed by atoms with Crippen LogP contribution in [0.15, 0.2) is 42.5 Å². The second-order valence-electron chi connectivity index (χ2n) is 4.70. The molecule has 2 aromatic rings. The molecule has 2 aromatic carbocycles. The highest BCUT2D eigenvalue weighted by Crippen LogP contribution is 2.23. The number of ketones is 1. The van der Waals surface area contributed by atoms with Crippen LogP contribution in [0.25, 0.3) is 0 Å². The quantitative estimate of drug-likeness (QED) is 0.783. The molecule has 2 rings (SSSR count). The van der Waals surface area contributed by atoms with Gasteiger partial charge in [-0.05, 0) is 55.3 Å². The molecule has 110 valence electrons. The van der Waals surface area contributed by atoms with Crippen LogP contribution in [0.1, 0.15) is 27.0 Å². The summed E-state index contributed by atoms with van der Waals surface area (Å²) in [7, 11) is 0. The zero-order valence-corrected chi connectivity index (χ0v) is 11.5. The van der Waals surface area contributed by atoms with Gasteiger partial charge in [-0.25, -0.2) is 0 Å². The van der Waals surface area contributed by atoms with Gasteiger partial charge >= 0.3 is 6.36 Å². The molecular formula is C16H13F3O2. The number of hydrogen-bond acceptors (Lipinski definition) is 2. The lowest BCUT2D eigenvalue weighted by Crippen LogP contribution is -2.17. The average molecular weight is 294 g/mol. The second-order valence-corrected chi connectivity index (χ2v) is 4.70. The summed E-state index contributed by atoms with van der Waals surface area (Å²) in [5.41, 5.74) is 2.87. The Kier molecular flexibility index (Phi) is 4.02. The largest absolute Gasteiger partial charge is 0.573 e. The average Bonchev–Trinajstić information content (AvgIpc) is 2.40. The number of rotatable bonds is 3. The summed E-state index contributed by atoms with van der Waals surface area (Å²) in [6.45, 7) is 3.83. The number of hydrogen-bond donors (Lipinski definition) is 0. The van der Waals surface area contributed by atoms with Crippen LogP contribution in [-0.2, 0) is 0 Å². The number of aryl methyl sites for hydroxylation is 2. The Labute approximate surface area is 120 Å². The fraction of sp³-hybridized carbons (Fsp3) is 0.188. The standard InChI is InChI=1S/C16H13F3O2/c1-10-3-4-13(9-11(10)2)15(20)12-5-7-14(8-6-12)21-16(17,18)19/h3-9H,1-2H3. The zero-order chi connectivity index (χ0) is 15.6. The first kappa shape index (κ1) is 15.1. The van der Waals surface area contributed by atoms with Crippen LogP contribution < -0.4 is 4.74 Å². The fourth-order valence-electron chi connectivity index (χ4n) is 1.86. The van der Waals surface area contributed by atoms with Crippen LogP contribution in [0, 0.1) is 13.8 Å². The van der Waals surface area contributed by atoms with E-state index < -0.39 is 6.36 Å². The van der Waals surface area contributed by atoms with Crippen molar-refractivity contribution in [1.82, 2.24) is 0 Å². The first-order chi connectivity index (χ1) is 9.76. The highest BCUT2D eigenvalue weighted by atomic mass is 19.4. The van der Waals surface area contributed by atoms with Crippen molar-refractivity contribution in [3.05, 3.63) is 64.7 Å². The van der Waals surface area contributed by atoms with E-state index in [2.05, 4.69) is 4.74 Å². The molecule has 0 bridgehead atoms. The first-order valence-electron chi connectivity index (χ1n) is 6.24. The minimum Gasteiger partial charge on any atom is -0.406 e. The summed E-state index contributed by atoms with van der Waals surface area (Å²) in [6.07, 6.45) is -4.74. The van der Waals surface area contributed by atoms with Crippen molar-refractivity contribution in [1.29, 1.82) is 0 Å². The number of halogens is 3. The van der Waals surface area contributed by atoms with Crippen LogP contribution in [0.5, 0.6) is 5.75 Å². The van der Waals surface area contributed by atoms with Crippen molar-refractivity contribution in [2.45, 2.75) is 20.2 Å². The Hall–Kier alpha value is -2.30. The molecule has 0 heterocycles. The maximum Gasteiger partial charge on any atom is 0.573 e. The summed E-state index contributed by atoms with van der Waals surface area (Å²) in [5, 5.41) is 0. The van der Waals surface area contributed by atoms with E-state index in [-0.39, 0.29) is 11.5 Å². The molecule has 0 aromatic heterocycles. The van der Waals surface area contributed by atoms with Gasteiger partial charge in [-0.2, -0.15) is 0 Å². The molecule has 0 aliphatic heterocycles. The summed E-state index contributed by atoms with van der Waals surface area (Å²) in [4.78, 5) is 12.2. The predicted octanol–water partition coefficient (Wildman–Crippen LogP) is 4.43. The molecule has 2 nitrogen and oxygen atoms in total. The highest BCUT2D eigenvalue weighted by molar-refractivity contribution is 6.09. The molecular weight excluding hydrogens is 281 g/mol. The van der Waals surface area contributed by atoms with E-state index in [0.717, 1.165) is 23.3 Å². The first-order valence-corrected chi connectivity index (χ1v) is 6.24. The number of carbonyl (C=O) groups is 1. The molecule has 0 N–H and O–H groups in total. The normalized spacial score (nSPS) is 11.3. The second kappa shape index (κ2) is 5.60. The summed E-state index contributed by atoms with van der Waals surface area (Å²) < 4.78 is 39.9. The van der Waals surface area contributed by atoms with Crippen LogP contribution in [0.4, 0.5) is 13.2 Å². The van der Waals surface area contributed by atoms with Crippen LogP contribution in [0.2, 0.25) is 0 Å².